The van der Waals surface area contributed by atoms with Crippen molar-refractivity contribution in [3.63, 3.8) is 0 Å². The van der Waals surface area contributed by atoms with Crippen LogP contribution in [0.15, 0.2) is 48.5 Å². The van der Waals surface area contributed by atoms with Crippen LogP contribution in [0.1, 0.15) is 24.8 Å². The average molecular weight is 446 g/mol. The molecule has 2 N–H and O–H groups in total. The van der Waals surface area contributed by atoms with E-state index in [2.05, 4.69) is 5.32 Å². The second-order valence-corrected chi connectivity index (χ2v) is 8.45. The van der Waals surface area contributed by atoms with Gasteiger partial charge < -0.3 is 24.8 Å². The van der Waals surface area contributed by atoms with E-state index < -0.39 is 0 Å². The van der Waals surface area contributed by atoms with E-state index in [0.717, 1.165) is 42.6 Å². The molecule has 3 aromatic rings. The van der Waals surface area contributed by atoms with Crippen molar-refractivity contribution in [3.8, 4) is 39.6 Å². The molecule has 5 rings (SSSR count). The molecular weight excluding hydrogens is 418 g/mol. The number of amides is 1. The summed E-state index contributed by atoms with van der Waals surface area (Å²) >= 11 is 0. The first-order chi connectivity index (χ1) is 16.1. The fourth-order valence-corrected chi connectivity index (χ4v) is 4.35. The van der Waals surface area contributed by atoms with Crippen molar-refractivity contribution < 1.29 is 19.4 Å². The zero-order valence-corrected chi connectivity index (χ0v) is 18.6. The van der Waals surface area contributed by atoms with Crippen LogP contribution >= 0.6 is 0 Å². The molecule has 0 atom stereocenters. The molecule has 2 aromatic carbocycles. The average Bonchev–Trinajstić information content (AvgIpc) is 3.46. The van der Waals surface area contributed by atoms with Crippen molar-refractivity contribution in [1.29, 1.82) is 0 Å². The topological polar surface area (TPSA) is 83.9 Å². The van der Waals surface area contributed by atoms with Crippen molar-refractivity contribution in [2.24, 2.45) is 0 Å². The fourth-order valence-electron chi connectivity index (χ4n) is 4.35. The number of likely N-dealkylation sites (tertiary alicyclic amines) is 1. The van der Waals surface area contributed by atoms with Gasteiger partial charge in [0.25, 0.3) is 0 Å². The van der Waals surface area contributed by atoms with Gasteiger partial charge in [0.05, 0.1) is 5.69 Å². The Morgan fingerprint density at radius 3 is 2.88 bits per heavy atom. The van der Waals surface area contributed by atoms with Gasteiger partial charge in [-0.05, 0) is 55.7 Å². The maximum Gasteiger partial charge on any atom is 0.231 e. The van der Waals surface area contributed by atoms with Crippen LogP contribution in [0.2, 0.25) is 0 Å². The summed E-state index contributed by atoms with van der Waals surface area (Å²) in [4.78, 5) is 18.5. The second-order valence-electron chi connectivity index (χ2n) is 8.45. The number of carbonyl (C=O) groups excluding carboxylic acids is 1. The zero-order chi connectivity index (χ0) is 22.8. The van der Waals surface area contributed by atoms with Crippen LogP contribution in [0.3, 0.4) is 0 Å². The smallest absolute Gasteiger partial charge is 0.231 e. The Balaban J connectivity index is 1.45. The molecule has 3 heterocycles. The summed E-state index contributed by atoms with van der Waals surface area (Å²) in [6.45, 7) is 4.47. The highest BCUT2D eigenvalue weighted by atomic mass is 16.7. The van der Waals surface area contributed by atoms with Gasteiger partial charge in [0.1, 0.15) is 11.6 Å². The highest BCUT2D eigenvalue weighted by Gasteiger charge is 2.21. The minimum absolute atomic E-state index is 0.182. The normalized spacial score (nSPS) is 14.7. The van der Waals surface area contributed by atoms with E-state index in [-0.39, 0.29) is 18.4 Å². The predicted octanol–water partition coefficient (Wildman–Crippen LogP) is 4.58. The van der Waals surface area contributed by atoms with Gasteiger partial charge in [0.15, 0.2) is 11.5 Å². The quantitative estimate of drug-likeness (QED) is 0.518. The predicted molar refractivity (Wildman–Crippen MR) is 127 cm³/mol. The number of aromatic nitrogens is 1. The summed E-state index contributed by atoms with van der Waals surface area (Å²) in [6, 6.07) is 15.2. The fraction of sp³-hybridized carbons (Fsp3) is 0.308. The number of hydrogen-bond acceptors (Lipinski definition) is 6. The van der Waals surface area contributed by atoms with E-state index in [1.807, 2.05) is 54.3 Å². The van der Waals surface area contributed by atoms with Crippen molar-refractivity contribution in [3.05, 3.63) is 54.1 Å². The van der Waals surface area contributed by atoms with Gasteiger partial charge in [0.2, 0.25) is 12.7 Å². The number of rotatable bonds is 7. The van der Waals surface area contributed by atoms with Gasteiger partial charge >= 0.3 is 0 Å². The Morgan fingerprint density at radius 1 is 1.12 bits per heavy atom. The lowest BCUT2D eigenvalue weighted by molar-refractivity contribution is -0.127. The molecule has 170 valence electrons. The Bertz CT molecular complexity index is 1190. The number of fused-ring (bicyclic) bond motifs is 1. The molecule has 2 aliphatic heterocycles. The number of nitrogens with one attached hydrogen (secondary N) is 1. The number of aryl methyl sites for hydroxylation is 1. The van der Waals surface area contributed by atoms with Gasteiger partial charge in [-0.2, -0.15) is 0 Å². The van der Waals surface area contributed by atoms with E-state index in [0.29, 0.717) is 41.5 Å². The second kappa shape index (κ2) is 9.02. The van der Waals surface area contributed by atoms with E-state index in [9.17, 15) is 9.90 Å². The summed E-state index contributed by atoms with van der Waals surface area (Å²) in [7, 11) is 0. The Hall–Kier alpha value is -3.74. The third-order valence-corrected chi connectivity index (χ3v) is 6.04. The molecule has 0 bridgehead atoms. The van der Waals surface area contributed by atoms with Crippen LogP contribution in [0, 0.1) is 6.92 Å². The molecule has 0 saturated carbocycles. The molecular formula is C26H27N3O4. The summed E-state index contributed by atoms with van der Waals surface area (Å²) < 4.78 is 11.3. The largest absolute Gasteiger partial charge is 0.507 e. The van der Waals surface area contributed by atoms with E-state index >= 15 is 0 Å². The number of phenols is 1. The molecule has 1 aromatic heterocycles. The number of phenolic OH excluding ortho intramolecular Hbond substituents is 1. The minimum atomic E-state index is 0.182. The molecule has 1 fully saturated rings. The Morgan fingerprint density at radius 2 is 2.03 bits per heavy atom. The Labute approximate surface area is 193 Å². The van der Waals surface area contributed by atoms with Crippen molar-refractivity contribution >= 4 is 11.7 Å². The van der Waals surface area contributed by atoms with Crippen LogP contribution < -0.4 is 14.8 Å². The number of ether oxygens (including phenoxy) is 2. The molecule has 0 aliphatic carbocycles. The Kier molecular flexibility index (Phi) is 5.77. The highest BCUT2D eigenvalue weighted by molar-refractivity contribution is 5.81. The first-order valence-electron chi connectivity index (χ1n) is 11.3. The SMILES string of the molecule is Cc1ccc(O)c(-c2cc(-c3cccc4c3OCO4)cc(NCCCN3CCCC3=O)n2)c1. The molecule has 0 unspecified atom stereocenters. The van der Waals surface area contributed by atoms with Gasteiger partial charge in [0, 0.05) is 37.2 Å². The summed E-state index contributed by atoms with van der Waals surface area (Å²) in [5, 5.41) is 13.9. The molecule has 0 spiro atoms. The molecule has 0 radical (unpaired) electrons. The lowest BCUT2D eigenvalue weighted by atomic mass is 10.0. The summed E-state index contributed by atoms with van der Waals surface area (Å²) in [6.07, 6.45) is 2.44. The summed E-state index contributed by atoms with van der Waals surface area (Å²) in [5.41, 5.74) is 4.21. The van der Waals surface area contributed by atoms with Crippen LogP contribution in [0.4, 0.5) is 5.82 Å². The van der Waals surface area contributed by atoms with E-state index in [4.69, 9.17) is 14.5 Å². The number of benzene rings is 2. The van der Waals surface area contributed by atoms with Gasteiger partial charge in [-0.15, -0.1) is 0 Å². The van der Waals surface area contributed by atoms with Crippen molar-refractivity contribution in [2.45, 2.75) is 26.2 Å². The zero-order valence-electron chi connectivity index (χ0n) is 18.6. The van der Waals surface area contributed by atoms with Crippen molar-refractivity contribution in [2.75, 3.05) is 31.7 Å². The molecule has 7 heteroatoms. The lowest BCUT2D eigenvalue weighted by Crippen LogP contribution is -2.27. The van der Waals surface area contributed by atoms with Gasteiger partial charge in [-0.1, -0.05) is 23.8 Å². The van der Waals surface area contributed by atoms with Crippen LogP contribution in [-0.4, -0.2) is 47.3 Å². The van der Waals surface area contributed by atoms with E-state index in [1.54, 1.807) is 6.07 Å². The number of pyridine rings is 1. The minimum Gasteiger partial charge on any atom is -0.507 e. The van der Waals surface area contributed by atoms with Crippen LogP contribution in [0.25, 0.3) is 22.4 Å². The third-order valence-electron chi connectivity index (χ3n) is 6.04. The molecule has 33 heavy (non-hydrogen) atoms. The third kappa shape index (κ3) is 4.44. The number of aromatic hydroxyl groups is 1. The number of para-hydroxylation sites is 1. The van der Waals surface area contributed by atoms with Gasteiger partial charge in [-0.25, -0.2) is 4.98 Å². The van der Waals surface area contributed by atoms with E-state index in [1.165, 1.54) is 0 Å². The number of carbonyl (C=O) groups is 1. The lowest BCUT2D eigenvalue weighted by Gasteiger charge is -2.16. The maximum absolute atomic E-state index is 11.8. The monoisotopic (exact) mass is 445 g/mol. The highest BCUT2D eigenvalue weighted by Crippen LogP contribution is 2.43. The first-order valence-corrected chi connectivity index (χ1v) is 11.3. The molecule has 1 amide bonds. The van der Waals surface area contributed by atoms with Crippen LogP contribution in [-0.2, 0) is 4.79 Å². The number of nitrogens with zero attached hydrogens (tertiary/aromatic N) is 2. The number of hydrogen-bond donors (Lipinski definition) is 2. The summed E-state index contributed by atoms with van der Waals surface area (Å²) in [5.74, 6) is 2.55. The standard InChI is InChI=1S/C26H27N3O4/c1-17-8-9-22(30)20(13-17)21-14-18(19-5-2-6-23-26(19)33-16-32-23)15-24(28-21)27-10-4-12-29-11-3-7-25(29)31/h2,5-6,8-9,13-15,30H,3-4,7,10-12,16H2,1H3,(H,27,28). The van der Waals surface area contributed by atoms with Crippen molar-refractivity contribution in [1.82, 2.24) is 9.88 Å². The molecule has 1 saturated heterocycles. The van der Waals surface area contributed by atoms with Gasteiger partial charge in [-0.3, -0.25) is 4.79 Å². The maximum atomic E-state index is 11.8. The van der Waals surface area contributed by atoms with Crippen LogP contribution in [0.5, 0.6) is 17.2 Å². The molecule has 2 aliphatic rings. The number of anilines is 1. The molecule has 7 nitrogen and oxygen atoms in total. The first kappa shape index (κ1) is 21.1.